The molecule has 1 aromatic carbocycles. The fourth-order valence-electron chi connectivity index (χ4n) is 1.64. The number of hydrogen-bond donors (Lipinski definition) is 2. The molecular formula is C11H11F2N3. The van der Waals surface area contributed by atoms with E-state index < -0.39 is 17.6 Å². The molecule has 0 aliphatic heterocycles. The number of H-pyrrole nitrogens is 1. The Hall–Kier alpha value is -1.75. The topological polar surface area (TPSA) is 54.7 Å². The van der Waals surface area contributed by atoms with Crippen molar-refractivity contribution in [3.05, 3.63) is 53.6 Å². The average molecular weight is 223 g/mol. The summed E-state index contributed by atoms with van der Waals surface area (Å²) in [6.45, 7) is 0.161. The molecule has 0 amide bonds. The standard InChI is InChI=1S/C11H11F2N3/c12-7-1-2-10(13)8(5-7)9(6-14)11-15-3-4-16-11/h1-5,9H,6,14H2,(H,15,16). The lowest BCUT2D eigenvalue weighted by Crippen LogP contribution is -2.16. The SMILES string of the molecule is NCC(c1ncc[nH]1)c1cc(F)ccc1F. The van der Waals surface area contributed by atoms with Crippen molar-refractivity contribution in [1.29, 1.82) is 0 Å². The largest absolute Gasteiger partial charge is 0.348 e. The van der Waals surface area contributed by atoms with Crippen LogP contribution in [0.1, 0.15) is 17.3 Å². The number of benzene rings is 1. The van der Waals surface area contributed by atoms with Gasteiger partial charge in [-0.15, -0.1) is 0 Å². The third-order valence-corrected chi connectivity index (χ3v) is 2.42. The van der Waals surface area contributed by atoms with E-state index in [1.807, 2.05) is 0 Å². The summed E-state index contributed by atoms with van der Waals surface area (Å²) in [5, 5.41) is 0. The van der Waals surface area contributed by atoms with Crippen molar-refractivity contribution >= 4 is 0 Å². The van der Waals surface area contributed by atoms with Crippen molar-refractivity contribution in [2.45, 2.75) is 5.92 Å². The predicted octanol–water partition coefficient (Wildman–Crippen LogP) is 1.78. The Morgan fingerprint density at radius 1 is 1.38 bits per heavy atom. The minimum Gasteiger partial charge on any atom is -0.348 e. The Morgan fingerprint density at radius 2 is 2.19 bits per heavy atom. The number of nitrogens with two attached hydrogens (primary N) is 1. The van der Waals surface area contributed by atoms with Crippen LogP contribution in [-0.2, 0) is 0 Å². The van der Waals surface area contributed by atoms with Crippen LogP contribution >= 0.6 is 0 Å². The first-order chi connectivity index (χ1) is 7.72. The van der Waals surface area contributed by atoms with Gasteiger partial charge in [-0.25, -0.2) is 13.8 Å². The highest BCUT2D eigenvalue weighted by atomic mass is 19.1. The number of nitrogens with one attached hydrogen (secondary N) is 1. The molecule has 16 heavy (non-hydrogen) atoms. The van der Waals surface area contributed by atoms with Gasteiger partial charge in [-0.2, -0.15) is 0 Å². The van der Waals surface area contributed by atoms with Crippen LogP contribution in [0.5, 0.6) is 0 Å². The molecule has 0 saturated carbocycles. The van der Waals surface area contributed by atoms with E-state index in [1.54, 1.807) is 12.4 Å². The molecule has 5 heteroatoms. The maximum absolute atomic E-state index is 13.5. The van der Waals surface area contributed by atoms with E-state index >= 15 is 0 Å². The molecule has 84 valence electrons. The van der Waals surface area contributed by atoms with Crippen molar-refractivity contribution < 1.29 is 8.78 Å². The number of rotatable bonds is 3. The molecule has 1 aromatic heterocycles. The van der Waals surface area contributed by atoms with Crippen LogP contribution in [0.2, 0.25) is 0 Å². The van der Waals surface area contributed by atoms with E-state index in [4.69, 9.17) is 5.73 Å². The number of hydrogen-bond acceptors (Lipinski definition) is 2. The number of aromatic amines is 1. The second kappa shape index (κ2) is 4.40. The summed E-state index contributed by atoms with van der Waals surface area (Å²) in [6.07, 6.45) is 3.17. The quantitative estimate of drug-likeness (QED) is 0.833. The van der Waals surface area contributed by atoms with E-state index in [1.165, 1.54) is 0 Å². The Labute approximate surface area is 91.3 Å². The molecule has 0 saturated heterocycles. The van der Waals surface area contributed by atoms with Gasteiger partial charge in [0.2, 0.25) is 0 Å². The molecule has 0 spiro atoms. The van der Waals surface area contributed by atoms with E-state index in [9.17, 15) is 8.78 Å². The molecule has 3 N–H and O–H groups in total. The van der Waals surface area contributed by atoms with Gasteiger partial charge in [0.1, 0.15) is 17.5 Å². The number of aromatic nitrogens is 2. The van der Waals surface area contributed by atoms with Crippen LogP contribution in [0.15, 0.2) is 30.6 Å². The van der Waals surface area contributed by atoms with Crippen molar-refractivity contribution in [3.8, 4) is 0 Å². The number of nitrogens with zero attached hydrogens (tertiary/aromatic N) is 1. The minimum absolute atomic E-state index is 0.161. The Balaban J connectivity index is 2.44. The summed E-state index contributed by atoms with van der Waals surface area (Å²) >= 11 is 0. The summed E-state index contributed by atoms with van der Waals surface area (Å²) in [5.41, 5.74) is 5.79. The van der Waals surface area contributed by atoms with Crippen molar-refractivity contribution in [1.82, 2.24) is 9.97 Å². The van der Waals surface area contributed by atoms with E-state index in [2.05, 4.69) is 9.97 Å². The molecular weight excluding hydrogens is 212 g/mol. The molecule has 0 fully saturated rings. The normalized spacial score (nSPS) is 12.7. The van der Waals surface area contributed by atoms with Crippen molar-refractivity contribution in [3.63, 3.8) is 0 Å². The van der Waals surface area contributed by atoms with Crippen LogP contribution in [-0.4, -0.2) is 16.5 Å². The lowest BCUT2D eigenvalue weighted by atomic mass is 9.98. The highest BCUT2D eigenvalue weighted by Gasteiger charge is 2.19. The Kier molecular flexibility index (Phi) is 2.96. The molecule has 0 radical (unpaired) electrons. The van der Waals surface area contributed by atoms with Gasteiger partial charge in [0.25, 0.3) is 0 Å². The van der Waals surface area contributed by atoms with Gasteiger partial charge in [0.05, 0.1) is 5.92 Å². The first kappa shape index (κ1) is 10.8. The van der Waals surface area contributed by atoms with E-state index in [0.29, 0.717) is 5.82 Å². The molecule has 3 nitrogen and oxygen atoms in total. The van der Waals surface area contributed by atoms with E-state index in [-0.39, 0.29) is 12.1 Å². The van der Waals surface area contributed by atoms with Gasteiger partial charge in [-0.05, 0) is 18.2 Å². The smallest absolute Gasteiger partial charge is 0.127 e. The van der Waals surface area contributed by atoms with Crippen molar-refractivity contribution in [2.75, 3.05) is 6.54 Å². The van der Waals surface area contributed by atoms with Gasteiger partial charge in [0, 0.05) is 24.5 Å². The maximum atomic E-state index is 13.5. The zero-order chi connectivity index (χ0) is 11.5. The molecule has 0 bridgehead atoms. The summed E-state index contributed by atoms with van der Waals surface area (Å²) in [7, 11) is 0. The second-order valence-corrected chi connectivity index (χ2v) is 3.43. The molecule has 1 atom stereocenters. The predicted molar refractivity (Wildman–Crippen MR) is 55.8 cm³/mol. The third-order valence-electron chi connectivity index (χ3n) is 2.42. The minimum atomic E-state index is -0.485. The lowest BCUT2D eigenvalue weighted by molar-refractivity contribution is 0.571. The van der Waals surface area contributed by atoms with Gasteiger partial charge >= 0.3 is 0 Å². The molecule has 1 unspecified atom stereocenters. The summed E-state index contributed by atoms with van der Waals surface area (Å²) in [4.78, 5) is 6.86. The summed E-state index contributed by atoms with van der Waals surface area (Å²) in [5.74, 6) is -0.882. The maximum Gasteiger partial charge on any atom is 0.127 e. The fraction of sp³-hybridized carbons (Fsp3) is 0.182. The monoisotopic (exact) mass is 223 g/mol. The van der Waals surface area contributed by atoms with Crippen LogP contribution in [0.25, 0.3) is 0 Å². The number of halogens is 2. The lowest BCUT2D eigenvalue weighted by Gasteiger charge is -2.13. The van der Waals surface area contributed by atoms with Gasteiger partial charge in [-0.1, -0.05) is 0 Å². The molecule has 2 aromatic rings. The molecule has 1 heterocycles. The Bertz CT molecular complexity index is 468. The average Bonchev–Trinajstić information content (AvgIpc) is 2.78. The fourth-order valence-corrected chi connectivity index (χ4v) is 1.64. The van der Waals surface area contributed by atoms with Crippen LogP contribution in [0, 0.1) is 11.6 Å². The number of imidazole rings is 1. The van der Waals surface area contributed by atoms with Crippen LogP contribution in [0.3, 0.4) is 0 Å². The summed E-state index contributed by atoms with van der Waals surface area (Å²) < 4.78 is 26.6. The zero-order valence-electron chi connectivity index (χ0n) is 8.45. The van der Waals surface area contributed by atoms with Crippen LogP contribution in [0.4, 0.5) is 8.78 Å². The van der Waals surface area contributed by atoms with Gasteiger partial charge in [-0.3, -0.25) is 0 Å². The highest BCUT2D eigenvalue weighted by molar-refractivity contribution is 5.28. The van der Waals surface area contributed by atoms with Crippen LogP contribution < -0.4 is 5.73 Å². The summed E-state index contributed by atoms with van der Waals surface area (Å²) in [6, 6.07) is 3.32. The molecule has 0 aliphatic carbocycles. The Morgan fingerprint density at radius 3 is 2.81 bits per heavy atom. The molecule has 2 rings (SSSR count). The first-order valence-corrected chi connectivity index (χ1v) is 4.86. The van der Waals surface area contributed by atoms with Gasteiger partial charge < -0.3 is 10.7 Å². The first-order valence-electron chi connectivity index (χ1n) is 4.86. The van der Waals surface area contributed by atoms with Crippen molar-refractivity contribution in [2.24, 2.45) is 5.73 Å². The third kappa shape index (κ3) is 1.94. The highest BCUT2D eigenvalue weighted by Crippen LogP contribution is 2.24. The zero-order valence-corrected chi connectivity index (χ0v) is 8.45. The van der Waals surface area contributed by atoms with Gasteiger partial charge in [0.15, 0.2) is 0 Å². The second-order valence-electron chi connectivity index (χ2n) is 3.43. The van der Waals surface area contributed by atoms with E-state index in [0.717, 1.165) is 18.2 Å². The molecule has 0 aliphatic rings.